The van der Waals surface area contributed by atoms with Crippen LogP contribution in [0.3, 0.4) is 0 Å². The molecular formula is C17H19BrClN3O5S2. The number of pyridine rings is 1. The third-order valence-electron chi connectivity index (χ3n) is 4.70. The Morgan fingerprint density at radius 2 is 1.86 bits per heavy atom. The van der Waals surface area contributed by atoms with Crippen molar-refractivity contribution < 1.29 is 21.4 Å². The van der Waals surface area contributed by atoms with Crippen LogP contribution < -0.4 is 5.32 Å². The van der Waals surface area contributed by atoms with Gasteiger partial charge in [-0.15, -0.1) is 0 Å². The summed E-state index contributed by atoms with van der Waals surface area (Å²) in [4.78, 5) is 4.00. The number of sulfonamides is 1. The number of nitrogens with zero attached hydrogens (tertiary/aromatic N) is 2. The molecule has 0 aliphatic carbocycles. The lowest BCUT2D eigenvalue weighted by Crippen LogP contribution is -2.46. The average Bonchev–Trinajstić information content (AvgIpc) is 3.28. The van der Waals surface area contributed by atoms with Gasteiger partial charge in [-0.2, -0.15) is 12.7 Å². The lowest BCUT2D eigenvalue weighted by Gasteiger charge is -2.26. The molecule has 2 N–H and O–H groups in total. The Labute approximate surface area is 183 Å². The van der Waals surface area contributed by atoms with E-state index in [0.29, 0.717) is 11.0 Å². The highest BCUT2D eigenvalue weighted by Crippen LogP contribution is 2.31. The number of aromatic nitrogens is 1. The Balaban J connectivity index is 0.000000188. The minimum atomic E-state index is -4.02. The second-order valence-corrected chi connectivity index (χ2v) is 11.3. The molecule has 2 aliphatic rings. The lowest BCUT2D eigenvalue weighted by atomic mass is 10.2. The molecule has 8 nitrogen and oxygen atoms in total. The first-order valence-electron chi connectivity index (χ1n) is 8.59. The molecule has 2 atom stereocenters. The van der Waals surface area contributed by atoms with Crippen LogP contribution in [0.25, 0.3) is 0 Å². The van der Waals surface area contributed by atoms with E-state index in [0.717, 1.165) is 18.5 Å². The predicted molar refractivity (Wildman–Crippen MR) is 112 cm³/mol. The average molecular weight is 525 g/mol. The Bertz CT molecular complexity index is 1110. The molecule has 12 heteroatoms. The number of nitrogens with one attached hydrogen (secondary N) is 1. The zero-order chi connectivity index (χ0) is 21.4. The second kappa shape index (κ2) is 8.58. The zero-order valence-electron chi connectivity index (χ0n) is 15.3. The third-order valence-corrected chi connectivity index (χ3v) is 8.59. The molecule has 0 unspecified atom stereocenters. The summed E-state index contributed by atoms with van der Waals surface area (Å²) in [7, 11) is -7.49. The smallest absolute Gasteiger partial charge is 0.294 e. The van der Waals surface area contributed by atoms with Gasteiger partial charge in [-0.05, 0) is 47.5 Å². The maximum absolute atomic E-state index is 12.5. The molecule has 2 bridgehead atoms. The Morgan fingerprint density at radius 3 is 2.34 bits per heavy atom. The fourth-order valence-corrected chi connectivity index (χ4v) is 5.94. The normalized spacial score (nSPS) is 21.7. The maximum atomic E-state index is 12.5. The highest BCUT2D eigenvalue weighted by atomic mass is 79.9. The van der Waals surface area contributed by atoms with E-state index in [9.17, 15) is 16.8 Å². The van der Waals surface area contributed by atoms with Gasteiger partial charge in [0.1, 0.15) is 10.0 Å². The lowest BCUT2D eigenvalue weighted by molar-refractivity contribution is 0.348. The fourth-order valence-electron chi connectivity index (χ4n) is 3.21. The molecule has 2 aromatic rings. The molecule has 2 fully saturated rings. The number of hydrogen-bond acceptors (Lipinski definition) is 6. The van der Waals surface area contributed by atoms with Gasteiger partial charge in [-0.25, -0.2) is 13.4 Å². The summed E-state index contributed by atoms with van der Waals surface area (Å²) in [5, 5.41) is 3.54. The van der Waals surface area contributed by atoms with Crippen molar-refractivity contribution in [3.05, 3.63) is 51.7 Å². The van der Waals surface area contributed by atoms with Gasteiger partial charge >= 0.3 is 0 Å². The first-order chi connectivity index (χ1) is 13.5. The Hall–Kier alpha value is -1.08. The second-order valence-electron chi connectivity index (χ2n) is 6.80. The van der Waals surface area contributed by atoms with Crippen LogP contribution in [-0.2, 0) is 20.1 Å². The first kappa shape index (κ1) is 22.6. The molecule has 0 radical (unpaired) electrons. The van der Waals surface area contributed by atoms with E-state index in [1.807, 2.05) is 6.92 Å². The highest BCUT2D eigenvalue weighted by molar-refractivity contribution is 9.10. The van der Waals surface area contributed by atoms with Crippen molar-refractivity contribution in [3.63, 3.8) is 0 Å². The summed E-state index contributed by atoms with van der Waals surface area (Å²) in [6.07, 6.45) is 2.20. The van der Waals surface area contributed by atoms with Crippen molar-refractivity contribution >= 4 is 47.7 Å². The van der Waals surface area contributed by atoms with Crippen molar-refractivity contribution in [2.45, 2.75) is 35.2 Å². The van der Waals surface area contributed by atoms with E-state index in [-0.39, 0.29) is 27.0 Å². The van der Waals surface area contributed by atoms with Crippen LogP contribution in [0.15, 0.2) is 50.8 Å². The number of aryl methyl sites for hydroxylation is 1. The SMILES string of the molecule is Cc1ccc(S(=O)(=O)O)cc1.O=S(=O)(c1cnc(Cl)c(Br)c1)N1C[C@H]2C[C@@H]1CN2. The molecule has 2 aliphatic heterocycles. The van der Waals surface area contributed by atoms with Crippen LogP contribution in [0.4, 0.5) is 0 Å². The van der Waals surface area contributed by atoms with Crippen LogP contribution in [0, 0.1) is 6.92 Å². The molecule has 0 saturated carbocycles. The first-order valence-corrected chi connectivity index (χ1v) is 12.6. The Kier molecular flexibility index (Phi) is 6.68. The number of halogens is 2. The van der Waals surface area contributed by atoms with E-state index < -0.39 is 20.1 Å². The molecule has 29 heavy (non-hydrogen) atoms. The van der Waals surface area contributed by atoms with Crippen molar-refractivity contribution in [1.29, 1.82) is 0 Å². The minimum absolute atomic E-state index is 0.0643. The monoisotopic (exact) mass is 523 g/mol. The quantitative estimate of drug-likeness (QED) is 0.468. The third kappa shape index (κ3) is 5.16. The standard InChI is InChI=1S/C10H11BrClN3O2S.C7H8O3S/c11-9-2-8(4-14-10(9)12)18(16,17)15-5-6-1-7(15)3-13-6;1-6-2-4-7(5-3-6)11(8,9)10/h2,4,6-7,13H,1,3,5H2;2-5H,1H3,(H,8,9,10)/t6-,7-;/m1./s1. The Morgan fingerprint density at radius 1 is 1.21 bits per heavy atom. The molecule has 3 heterocycles. The van der Waals surface area contributed by atoms with Gasteiger partial charge in [0.15, 0.2) is 0 Å². The van der Waals surface area contributed by atoms with Crippen molar-refractivity contribution in [2.24, 2.45) is 0 Å². The van der Waals surface area contributed by atoms with E-state index in [1.54, 1.807) is 16.4 Å². The van der Waals surface area contributed by atoms with Gasteiger partial charge in [0.2, 0.25) is 10.0 Å². The van der Waals surface area contributed by atoms with Crippen molar-refractivity contribution in [1.82, 2.24) is 14.6 Å². The molecule has 0 amide bonds. The van der Waals surface area contributed by atoms with Crippen LogP contribution in [0.2, 0.25) is 5.15 Å². The summed E-state index contributed by atoms with van der Waals surface area (Å²) in [6, 6.07) is 7.84. The van der Waals surface area contributed by atoms with Gasteiger partial charge in [-0.3, -0.25) is 4.55 Å². The number of benzene rings is 1. The van der Waals surface area contributed by atoms with Crippen LogP contribution in [-0.4, -0.2) is 55.9 Å². The number of rotatable bonds is 3. The maximum Gasteiger partial charge on any atom is 0.294 e. The van der Waals surface area contributed by atoms with Crippen molar-refractivity contribution in [2.75, 3.05) is 13.1 Å². The number of hydrogen-bond donors (Lipinski definition) is 2. The molecule has 0 spiro atoms. The summed E-state index contributed by atoms with van der Waals surface area (Å²) in [5.41, 5.74) is 0.956. The summed E-state index contributed by atoms with van der Waals surface area (Å²) in [6.45, 7) is 3.10. The van der Waals surface area contributed by atoms with E-state index in [4.69, 9.17) is 16.2 Å². The zero-order valence-corrected chi connectivity index (χ0v) is 19.3. The summed E-state index contributed by atoms with van der Waals surface area (Å²) < 4.78 is 56.6. The summed E-state index contributed by atoms with van der Waals surface area (Å²) in [5.74, 6) is 0. The van der Waals surface area contributed by atoms with Crippen LogP contribution in [0.1, 0.15) is 12.0 Å². The highest BCUT2D eigenvalue weighted by Gasteiger charge is 2.44. The van der Waals surface area contributed by atoms with Gasteiger partial charge < -0.3 is 5.32 Å². The largest absolute Gasteiger partial charge is 0.311 e. The summed E-state index contributed by atoms with van der Waals surface area (Å²) >= 11 is 8.98. The molecular weight excluding hydrogens is 506 g/mol. The van der Waals surface area contributed by atoms with Crippen molar-refractivity contribution in [3.8, 4) is 0 Å². The van der Waals surface area contributed by atoms with Crippen LogP contribution >= 0.6 is 27.5 Å². The predicted octanol–water partition coefficient (Wildman–Crippen LogP) is 2.47. The van der Waals surface area contributed by atoms with Crippen LogP contribution in [0.5, 0.6) is 0 Å². The molecule has 1 aromatic heterocycles. The van der Waals surface area contributed by atoms with Gasteiger partial charge in [0, 0.05) is 31.4 Å². The van der Waals surface area contributed by atoms with Gasteiger partial charge in [0.25, 0.3) is 10.1 Å². The molecule has 1 aromatic carbocycles. The molecule has 158 valence electrons. The van der Waals surface area contributed by atoms with E-state index in [1.165, 1.54) is 24.4 Å². The molecule has 2 saturated heterocycles. The number of piperazine rings is 1. The topological polar surface area (TPSA) is 117 Å². The van der Waals surface area contributed by atoms with Gasteiger partial charge in [0.05, 0.1) is 9.37 Å². The van der Waals surface area contributed by atoms with E-state index >= 15 is 0 Å². The fraction of sp³-hybridized carbons (Fsp3) is 0.353. The molecule has 4 rings (SSSR count). The van der Waals surface area contributed by atoms with E-state index in [2.05, 4.69) is 26.2 Å². The van der Waals surface area contributed by atoms with Gasteiger partial charge in [-0.1, -0.05) is 29.3 Å². The minimum Gasteiger partial charge on any atom is -0.311 e. The number of fused-ring (bicyclic) bond motifs is 2.